The van der Waals surface area contributed by atoms with Gasteiger partial charge in [0.25, 0.3) is 0 Å². The quantitative estimate of drug-likeness (QED) is 0.506. The van der Waals surface area contributed by atoms with Crippen molar-refractivity contribution in [2.75, 3.05) is 6.54 Å². The number of hydrogen-bond acceptors (Lipinski definition) is 0. The molecule has 1 aliphatic carbocycles. The van der Waals surface area contributed by atoms with Gasteiger partial charge < -0.3 is 10.8 Å². The van der Waals surface area contributed by atoms with Gasteiger partial charge in [-0.2, -0.15) is 33.6 Å². The predicted octanol–water partition coefficient (Wildman–Crippen LogP) is 5.33. The number of rotatable bonds is 1. The molecule has 0 aliphatic heterocycles. The SMILES string of the molecule is C[C-](C)C.[C-]#[N+]C[C-]1CCC(C(C)(C)C)CC1.[W+2]. The van der Waals surface area contributed by atoms with Gasteiger partial charge in [-0.25, -0.2) is 12.5 Å². The fourth-order valence-electron chi connectivity index (χ4n) is 2.16. The number of nitrogens with zero attached hydrogens (tertiary/aromatic N) is 1. The van der Waals surface area contributed by atoms with Crippen molar-refractivity contribution in [1.29, 1.82) is 0 Å². The maximum Gasteiger partial charge on any atom is 2.00 e. The molecule has 0 N–H and O–H groups in total. The average Bonchev–Trinajstić information content (AvgIpc) is 2.16. The third-order valence-corrected chi connectivity index (χ3v) is 3.22. The van der Waals surface area contributed by atoms with Crippen molar-refractivity contribution in [3.05, 3.63) is 23.3 Å². The molecular formula is C16H29NW. The molecule has 0 heterocycles. The van der Waals surface area contributed by atoms with Crippen LogP contribution in [0.3, 0.4) is 0 Å². The summed E-state index contributed by atoms with van der Waals surface area (Å²) in [5.41, 5.74) is 0.462. The van der Waals surface area contributed by atoms with Crippen LogP contribution in [-0.2, 0) is 21.1 Å². The minimum atomic E-state index is 0. The van der Waals surface area contributed by atoms with Crippen LogP contribution in [0.5, 0.6) is 0 Å². The topological polar surface area (TPSA) is 4.36 Å². The molecule has 0 aromatic carbocycles. The summed E-state index contributed by atoms with van der Waals surface area (Å²) in [5.74, 6) is 3.76. The summed E-state index contributed by atoms with van der Waals surface area (Å²) >= 11 is 0. The Labute approximate surface area is 129 Å². The molecule has 0 spiro atoms. The zero-order valence-electron chi connectivity index (χ0n) is 13.0. The zero-order chi connectivity index (χ0) is 13.5. The summed E-state index contributed by atoms with van der Waals surface area (Å²) in [5, 5.41) is 0. The van der Waals surface area contributed by atoms with Crippen LogP contribution in [-0.4, -0.2) is 6.54 Å². The van der Waals surface area contributed by atoms with E-state index >= 15 is 0 Å². The minimum absolute atomic E-state index is 0. The van der Waals surface area contributed by atoms with Gasteiger partial charge in [-0.15, -0.1) is 0 Å². The molecule has 1 aliphatic rings. The molecule has 0 bridgehead atoms. The number of hydrogen-bond donors (Lipinski definition) is 0. The largest absolute Gasteiger partial charge is 2.00 e. The fraction of sp³-hybridized carbons (Fsp3) is 0.812. The van der Waals surface area contributed by atoms with Crippen molar-refractivity contribution in [2.45, 2.75) is 67.2 Å². The van der Waals surface area contributed by atoms with Gasteiger partial charge in [-0.05, 0) is 11.3 Å². The third-order valence-electron chi connectivity index (χ3n) is 3.22. The molecule has 1 nitrogen and oxygen atoms in total. The molecule has 104 valence electrons. The van der Waals surface area contributed by atoms with Gasteiger partial charge in [0.05, 0.1) is 0 Å². The molecule has 1 saturated carbocycles. The molecule has 18 heavy (non-hydrogen) atoms. The van der Waals surface area contributed by atoms with Crippen molar-refractivity contribution in [2.24, 2.45) is 11.3 Å². The molecule has 0 saturated heterocycles. The van der Waals surface area contributed by atoms with Gasteiger partial charge in [0.1, 0.15) is 6.54 Å². The van der Waals surface area contributed by atoms with Crippen LogP contribution in [0.15, 0.2) is 0 Å². The Kier molecular flexibility index (Phi) is 11.4. The second kappa shape index (κ2) is 10.0. The van der Waals surface area contributed by atoms with Crippen molar-refractivity contribution < 1.29 is 21.1 Å². The first-order chi connectivity index (χ1) is 7.77. The van der Waals surface area contributed by atoms with Gasteiger partial charge in [0, 0.05) is 0 Å². The third kappa shape index (κ3) is 10.1. The first kappa shape index (κ1) is 20.5. The van der Waals surface area contributed by atoms with Gasteiger partial charge in [-0.1, -0.05) is 33.6 Å². The minimum Gasteiger partial charge on any atom is -0.351 e. The Morgan fingerprint density at radius 2 is 1.56 bits per heavy atom. The summed E-state index contributed by atoms with van der Waals surface area (Å²) in [4.78, 5) is 3.46. The first-order valence-corrected chi connectivity index (χ1v) is 6.71. The predicted molar refractivity (Wildman–Crippen MR) is 76.4 cm³/mol. The standard InChI is InChI=1S/C12H20N.C4H9.W/c1-12(2,3)11-7-5-10(6-8-11)9-13-4;1-4(2)3;/h11H,5-9H2,1-3H3;1-3H3;/q2*-1;+2. The van der Waals surface area contributed by atoms with E-state index in [1.54, 1.807) is 0 Å². The maximum atomic E-state index is 6.82. The average molecular weight is 419 g/mol. The van der Waals surface area contributed by atoms with E-state index < -0.39 is 0 Å². The first-order valence-electron chi connectivity index (χ1n) is 6.71. The van der Waals surface area contributed by atoms with Crippen molar-refractivity contribution >= 4 is 0 Å². The van der Waals surface area contributed by atoms with E-state index in [-0.39, 0.29) is 21.1 Å². The molecule has 0 unspecified atom stereocenters. The Hall–Kier alpha value is 0.178. The van der Waals surface area contributed by atoms with E-state index in [1.807, 2.05) is 0 Å². The second-order valence-corrected chi connectivity index (χ2v) is 6.71. The van der Waals surface area contributed by atoms with E-state index in [9.17, 15) is 0 Å². The summed E-state index contributed by atoms with van der Waals surface area (Å²) in [6, 6.07) is 0. The molecule has 0 aromatic rings. The monoisotopic (exact) mass is 419 g/mol. The molecular weight excluding hydrogens is 390 g/mol. The molecule has 1 rings (SSSR count). The molecule has 0 amide bonds. The fourth-order valence-corrected chi connectivity index (χ4v) is 2.16. The zero-order valence-corrected chi connectivity index (χ0v) is 15.9. The van der Waals surface area contributed by atoms with Crippen molar-refractivity contribution in [3.8, 4) is 0 Å². The van der Waals surface area contributed by atoms with Gasteiger partial charge >= 0.3 is 21.1 Å². The van der Waals surface area contributed by atoms with Crippen LogP contribution in [0.2, 0.25) is 0 Å². The van der Waals surface area contributed by atoms with Gasteiger partial charge in [0.15, 0.2) is 0 Å². The molecule has 0 radical (unpaired) electrons. The second-order valence-electron chi connectivity index (χ2n) is 6.71. The maximum absolute atomic E-state index is 6.82. The van der Waals surface area contributed by atoms with E-state index in [1.165, 1.54) is 37.5 Å². The van der Waals surface area contributed by atoms with E-state index in [0.29, 0.717) is 12.0 Å². The van der Waals surface area contributed by atoms with E-state index in [4.69, 9.17) is 6.57 Å². The molecule has 1 fully saturated rings. The smallest absolute Gasteiger partial charge is 0.351 e. The summed E-state index contributed by atoms with van der Waals surface area (Å²) in [6.07, 6.45) is 5.00. The summed E-state index contributed by atoms with van der Waals surface area (Å²) < 4.78 is 0. The van der Waals surface area contributed by atoms with Crippen LogP contribution in [0.1, 0.15) is 67.2 Å². The van der Waals surface area contributed by atoms with Crippen LogP contribution < -0.4 is 0 Å². The van der Waals surface area contributed by atoms with E-state index in [0.717, 1.165) is 5.92 Å². The summed E-state index contributed by atoms with van der Waals surface area (Å²) in [7, 11) is 0. The Balaban J connectivity index is 0. The molecule has 0 aromatic heterocycles. The van der Waals surface area contributed by atoms with Gasteiger partial charge in [-0.3, -0.25) is 0 Å². The van der Waals surface area contributed by atoms with Crippen LogP contribution in [0, 0.1) is 29.7 Å². The summed E-state index contributed by atoms with van der Waals surface area (Å²) in [6.45, 7) is 20.7. The van der Waals surface area contributed by atoms with Gasteiger partial charge in [0.2, 0.25) is 0 Å². The van der Waals surface area contributed by atoms with Crippen LogP contribution >= 0.6 is 0 Å². The van der Waals surface area contributed by atoms with Crippen molar-refractivity contribution in [3.63, 3.8) is 0 Å². The normalized spacial score (nSPS) is 17.4. The van der Waals surface area contributed by atoms with E-state index in [2.05, 4.69) is 46.4 Å². The van der Waals surface area contributed by atoms with Crippen LogP contribution in [0.4, 0.5) is 0 Å². The van der Waals surface area contributed by atoms with Crippen molar-refractivity contribution in [1.82, 2.24) is 0 Å². The molecule has 0 atom stereocenters. The van der Waals surface area contributed by atoms with Crippen LogP contribution in [0.25, 0.3) is 4.85 Å². The Morgan fingerprint density at radius 1 is 1.17 bits per heavy atom. The Bertz CT molecular complexity index is 224. The molecule has 2 heteroatoms. The Morgan fingerprint density at radius 3 is 1.83 bits per heavy atom.